The average Bonchev–Trinajstić information content (AvgIpc) is 2.82. The Morgan fingerprint density at radius 2 is 1.49 bits per heavy atom. The van der Waals surface area contributed by atoms with Crippen LogP contribution in [-0.2, 0) is 20.8 Å². The molecule has 0 aliphatic heterocycles. The number of rotatable bonds is 19. The van der Waals surface area contributed by atoms with E-state index in [9.17, 15) is 24.6 Å². The molecule has 0 aromatic heterocycles. The summed E-state index contributed by atoms with van der Waals surface area (Å²) in [6.07, 6.45) is 9.24. The van der Waals surface area contributed by atoms with Crippen LogP contribution < -0.4 is 11.2 Å². The summed E-state index contributed by atoms with van der Waals surface area (Å²) in [4.78, 5) is 32.5. The van der Waals surface area contributed by atoms with Crippen LogP contribution in [0.5, 0.6) is 5.75 Å². The van der Waals surface area contributed by atoms with Crippen LogP contribution in [-0.4, -0.2) is 69.0 Å². The van der Waals surface area contributed by atoms with Crippen LogP contribution >= 0.6 is 0 Å². The van der Waals surface area contributed by atoms with Gasteiger partial charge in [-0.25, -0.2) is 0 Å². The number of aliphatic carboxylic acids is 3. The molecule has 1 rings (SSSR count). The van der Waals surface area contributed by atoms with E-state index in [1.807, 2.05) is 6.92 Å². The third-order valence-corrected chi connectivity index (χ3v) is 6.00. The summed E-state index contributed by atoms with van der Waals surface area (Å²) in [5, 5.41) is 40.6. The van der Waals surface area contributed by atoms with E-state index in [1.54, 1.807) is 36.3 Å². The van der Waals surface area contributed by atoms with Crippen LogP contribution in [0.15, 0.2) is 24.3 Å². The van der Waals surface area contributed by atoms with Gasteiger partial charge in [-0.1, -0.05) is 64.0 Å². The molecule has 37 heavy (non-hydrogen) atoms. The van der Waals surface area contributed by atoms with Gasteiger partial charge in [0.25, 0.3) is 0 Å². The van der Waals surface area contributed by atoms with Crippen molar-refractivity contribution in [1.29, 1.82) is 0 Å². The Balaban J connectivity index is 0.000000712. The number of aromatic hydroxyl groups is 1. The molecule has 0 aliphatic rings. The van der Waals surface area contributed by atoms with Crippen LogP contribution in [0.1, 0.15) is 83.6 Å². The third kappa shape index (κ3) is 19.1. The number of unbranched alkanes of at least 4 members (excludes halogenated alkanes) is 6. The van der Waals surface area contributed by atoms with E-state index >= 15 is 0 Å². The van der Waals surface area contributed by atoms with Crippen molar-refractivity contribution in [2.45, 2.75) is 96.6 Å². The average molecular weight is 526 g/mol. The molecule has 0 heterocycles. The highest BCUT2D eigenvalue weighted by Gasteiger charge is 2.21. The van der Waals surface area contributed by atoms with Gasteiger partial charge < -0.3 is 25.7 Å². The normalized spacial score (nSPS) is 13.3. The molecule has 3 atom stereocenters. The second-order valence-electron chi connectivity index (χ2n) is 9.64. The number of hydrogen-bond acceptors (Lipinski definition) is 7. The molecule has 1 unspecified atom stereocenters. The van der Waals surface area contributed by atoms with Crippen molar-refractivity contribution in [2.24, 2.45) is 11.8 Å². The summed E-state index contributed by atoms with van der Waals surface area (Å²) < 4.78 is 0. The van der Waals surface area contributed by atoms with Crippen LogP contribution in [0, 0.1) is 5.92 Å². The number of carboxylic acid groups (broad SMARTS) is 3. The van der Waals surface area contributed by atoms with Crippen molar-refractivity contribution in [3.8, 4) is 5.75 Å². The van der Waals surface area contributed by atoms with E-state index in [4.69, 9.17) is 16.1 Å². The van der Waals surface area contributed by atoms with Gasteiger partial charge in [0.2, 0.25) is 0 Å². The minimum Gasteiger partial charge on any atom is -0.508 e. The summed E-state index contributed by atoms with van der Waals surface area (Å²) in [6, 6.07) is 5.97. The Kier molecular flexibility index (Phi) is 18.9. The molecule has 0 radical (unpaired) electrons. The molecular weight excluding hydrogens is 478 g/mol. The summed E-state index contributed by atoms with van der Waals surface area (Å²) in [6.45, 7) is 4.80. The first-order valence-corrected chi connectivity index (χ1v) is 13.1. The van der Waals surface area contributed by atoms with Crippen molar-refractivity contribution in [3.63, 3.8) is 0 Å². The quantitative estimate of drug-likeness (QED) is 0.0884. The number of nitrogens with zero attached hydrogens (tertiary/aromatic N) is 1. The number of benzene rings is 1. The van der Waals surface area contributed by atoms with Crippen molar-refractivity contribution < 1.29 is 34.8 Å². The van der Waals surface area contributed by atoms with Gasteiger partial charge in [0.05, 0.1) is 12.3 Å². The fourth-order valence-electron chi connectivity index (χ4n) is 3.78. The predicted octanol–water partition coefficient (Wildman–Crippen LogP) is 3.86. The largest absolute Gasteiger partial charge is 0.508 e. The highest BCUT2D eigenvalue weighted by molar-refractivity contribution is 5.77. The Labute approximate surface area is 220 Å². The lowest BCUT2D eigenvalue weighted by atomic mass is 9.97. The lowest BCUT2D eigenvalue weighted by molar-refractivity contribution is -0.148. The molecule has 10 nitrogen and oxygen atoms in total. The monoisotopic (exact) mass is 525 g/mol. The van der Waals surface area contributed by atoms with Gasteiger partial charge in [0.1, 0.15) is 11.8 Å². The third-order valence-electron chi connectivity index (χ3n) is 6.00. The zero-order chi connectivity index (χ0) is 28.2. The number of carboxylic acids is 3. The van der Waals surface area contributed by atoms with Gasteiger partial charge in [0.15, 0.2) is 0 Å². The molecule has 0 spiro atoms. The van der Waals surface area contributed by atoms with Gasteiger partial charge in [-0.05, 0) is 43.9 Å². The fourth-order valence-corrected chi connectivity index (χ4v) is 3.78. The molecular formula is C27H47N3O7. The molecule has 0 saturated carbocycles. The molecule has 0 fully saturated rings. The van der Waals surface area contributed by atoms with Gasteiger partial charge >= 0.3 is 17.9 Å². The van der Waals surface area contributed by atoms with Crippen LogP contribution in [0.25, 0.3) is 0 Å². The summed E-state index contributed by atoms with van der Waals surface area (Å²) in [5.74, 6) is 2.09. The molecule has 0 amide bonds. The number of nitrogens with one attached hydrogen (secondary N) is 1. The van der Waals surface area contributed by atoms with E-state index in [0.717, 1.165) is 31.2 Å². The van der Waals surface area contributed by atoms with Crippen molar-refractivity contribution >= 4 is 17.9 Å². The maximum Gasteiger partial charge on any atom is 0.321 e. The maximum atomic E-state index is 11.3. The summed E-state index contributed by atoms with van der Waals surface area (Å²) in [5.41, 5.74) is 0.867. The zero-order valence-electron chi connectivity index (χ0n) is 22.6. The number of phenolic OH excluding ortho intramolecular Hbond substituents is 1. The van der Waals surface area contributed by atoms with Crippen molar-refractivity contribution in [1.82, 2.24) is 10.3 Å². The predicted molar refractivity (Wildman–Crippen MR) is 143 cm³/mol. The minimum absolute atomic E-state index is 0.0548. The van der Waals surface area contributed by atoms with Crippen LogP contribution in [0.4, 0.5) is 0 Å². The molecule has 212 valence electrons. The van der Waals surface area contributed by atoms with Crippen molar-refractivity contribution in [3.05, 3.63) is 29.8 Å². The lowest BCUT2D eigenvalue weighted by Crippen LogP contribution is -2.44. The molecule has 10 heteroatoms. The number of hydrazine groups is 1. The number of hydrogen-bond donors (Lipinski definition) is 6. The Bertz CT molecular complexity index is 772. The number of carbonyl (C=O) groups is 3. The van der Waals surface area contributed by atoms with E-state index in [1.165, 1.54) is 25.7 Å². The van der Waals surface area contributed by atoms with E-state index in [2.05, 4.69) is 12.2 Å². The first kappa shape index (κ1) is 34.3. The Morgan fingerprint density at radius 1 is 0.919 bits per heavy atom. The van der Waals surface area contributed by atoms with E-state index in [0.29, 0.717) is 19.4 Å². The smallest absolute Gasteiger partial charge is 0.321 e. The van der Waals surface area contributed by atoms with Gasteiger partial charge in [-0.2, -0.15) is 0 Å². The lowest BCUT2D eigenvalue weighted by Gasteiger charge is -2.21. The first-order chi connectivity index (χ1) is 17.5. The maximum absolute atomic E-state index is 11.3. The fraction of sp³-hybridized carbons (Fsp3) is 0.667. The Morgan fingerprint density at radius 3 is 1.97 bits per heavy atom. The van der Waals surface area contributed by atoms with Crippen molar-refractivity contribution in [2.75, 3.05) is 13.6 Å². The van der Waals surface area contributed by atoms with Gasteiger partial charge in [-0.15, -0.1) is 0 Å². The second kappa shape index (κ2) is 20.4. The minimum atomic E-state index is -1.03. The molecule has 0 bridgehead atoms. The molecule has 7 N–H and O–H groups in total. The topological polar surface area (TPSA) is 173 Å². The van der Waals surface area contributed by atoms with Crippen LogP contribution in [0.3, 0.4) is 0 Å². The standard InChI is InChI=1S/C14H23N3O3.C13H24O4/c1-10(7-8-17(2)15)16-13(14(19)20)9-11-3-5-12(18)6-4-11;1-2-3-4-5-6-7-8-9-11(13(16)17)10-12(14)15/h3-6,10,13,16,18H,7-9,15H2,1-2H3,(H,19,20);11H,2-10H2,1H3,(H,14,15)(H,16,17)/t10?,13-;11-/m01/s1. The number of nitrogens with two attached hydrogens (primary N) is 1. The number of phenols is 1. The second-order valence-corrected chi connectivity index (χ2v) is 9.64. The Hall–Kier alpha value is -2.69. The SMILES string of the molecule is CC(CCN(C)N)N[C@@H](Cc1ccc(O)cc1)C(=O)O.CCCCCCCCC[C@H](CC(=O)O)C(=O)O. The highest BCUT2D eigenvalue weighted by atomic mass is 16.4. The summed E-state index contributed by atoms with van der Waals surface area (Å²) >= 11 is 0. The van der Waals surface area contributed by atoms with E-state index in [-0.39, 0.29) is 18.2 Å². The van der Waals surface area contributed by atoms with Gasteiger partial charge in [-0.3, -0.25) is 25.2 Å². The molecule has 1 aromatic carbocycles. The van der Waals surface area contributed by atoms with Crippen LogP contribution in [0.2, 0.25) is 0 Å². The zero-order valence-corrected chi connectivity index (χ0v) is 22.6. The molecule has 0 aliphatic carbocycles. The first-order valence-electron chi connectivity index (χ1n) is 13.1. The molecule has 0 saturated heterocycles. The molecule has 1 aromatic rings. The highest BCUT2D eigenvalue weighted by Crippen LogP contribution is 2.16. The summed E-state index contributed by atoms with van der Waals surface area (Å²) in [7, 11) is 1.78. The van der Waals surface area contributed by atoms with E-state index < -0.39 is 29.9 Å². The van der Waals surface area contributed by atoms with Gasteiger partial charge in [0, 0.05) is 19.6 Å².